The number of anilines is 1. The summed E-state index contributed by atoms with van der Waals surface area (Å²) < 4.78 is 23.7. The number of hydrogen-bond acceptors (Lipinski definition) is 4. The largest absolute Gasteiger partial charge is 0.379 e. The Morgan fingerprint density at radius 2 is 2.22 bits per heavy atom. The van der Waals surface area contributed by atoms with Gasteiger partial charge in [-0.2, -0.15) is 5.26 Å². The molecule has 0 amide bonds. The van der Waals surface area contributed by atoms with Gasteiger partial charge in [-0.1, -0.05) is 0 Å². The van der Waals surface area contributed by atoms with Crippen LogP contribution in [0.3, 0.4) is 0 Å². The first kappa shape index (κ1) is 13.4. The molecule has 1 heterocycles. The van der Waals surface area contributed by atoms with E-state index in [2.05, 4.69) is 27.3 Å². The first-order valence-electron chi connectivity index (χ1n) is 5.52. The zero-order chi connectivity index (χ0) is 13.4. The van der Waals surface area contributed by atoms with Gasteiger partial charge in [0.1, 0.15) is 6.07 Å². The second-order valence-corrected chi connectivity index (χ2v) is 7.87. The van der Waals surface area contributed by atoms with Gasteiger partial charge in [-0.15, -0.1) is 0 Å². The van der Waals surface area contributed by atoms with E-state index < -0.39 is 15.4 Å². The molecule has 1 aromatic rings. The Hall–Kier alpha value is -1.06. The van der Waals surface area contributed by atoms with Gasteiger partial charge < -0.3 is 5.32 Å². The second kappa shape index (κ2) is 4.56. The van der Waals surface area contributed by atoms with Gasteiger partial charge >= 0.3 is 0 Å². The predicted octanol–water partition coefficient (Wildman–Crippen LogP) is 2.31. The van der Waals surface area contributed by atoms with Crippen molar-refractivity contribution in [3.05, 3.63) is 28.2 Å². The predicted molar refractivity (Wildman–Crippen MR) is 74.2 cm³/mol. The van der Waals surface area contributed by atoms with E-state index in [1.54, 1.807) is 18.2 Å². The summed E-state index contributed by atoms with van der Waals surface area (Å²) >= 11 is 3.32. The van der Waals surface area contributed by atoms with Crippen LogP contribution in [0, 0.1) is 11.3 Å². The molecule has 6 heteroatoms. The second-order valence-electron chi connectivity index (χ2n) is 4.83. The first-order valence-corrected chi connectivity index (χ1v) is 8.13. The van der Waals surface area contributed by atoms with Gasteiger partial charge in [0.05, 0.1) is 17.1 Å². The molecule has 1 aliphatic rings. The highest BCUT2D eigenvalue weighted by molar-refractivity contribution is 9.10. The van der Waals surface area contributed by atoms with Gasteiger partial charge in [-0.05, 0) is 47.5 Å². The highest BCUT2D eigenvalue weighted by Gasteiger charge is 2.38. The zero-order valence-electron chi connectivity index (χ0n) is 9.90. The summed E-state index contributed by atoms with van der Waals surface area (Å²) in [5.41, 5.74) is 0.956. The summed E-state index contributed by atoms with van der Waals surface area (Å²) in [7, 11) is -2.92. The number of sulfone groups is 1. The van der Waals surface area contributed by atoms with Crippen LogP contribution in [0.4, 0.5) is 5.69 Å². The number of rotatable bonds is 2. The third kappa shape index (κ3) is 2.85. The van der Waals surface area contributed by atoms with Crippen LogP contribution in [-0.2, 0) is 9.84 Å². The van der Waals surface area contributed by atoms with Crippen molar-refractivity contribution in [3.8, 4) is 6.07 Å². The molecule has 0 spiro atoms. The molecule has 1 fully saturated rings. The van der Waals surface area contributed by atoms with E-state index in [-0.39, 0.29) is 11.5 Å². The Kier molecular flexibility index (Phi) is 3.39. The molecule has 1 N–H and O–H groups in total. The van der Waals surface area contributed by atoms with Crippen molar-refractivity contribution < 1.29 is 8.42 Å². The molecule has 0 saturated carbocycles. The lowest BCUT2D eigenvalue weighted by atomic mass is 10.0. The molecule has 4 nitrogen and oxygen atoms in total. The van der Waals surface area contributed by atoms with E-state index in [9.17, 15) is 8.42 Å². The number of nitriles is 1. The minimum absolute atomic E-state index is 0.150. The Bertz CT molecular complexity index is 621. The molecule has 0 aliphatic carbocycles. The van der Waals surface area contributed by atoms with Crippen molar-refractivity contribution in [3.63, 3.8) is 0 Å². The zero-order valence-corrected chi connectivity index (χ0v) is 12.3. The Labute approximate surface area is 115 Å². The lowest BCUT2D eigenvalue weighted by Crippen LogP contribution is -2.35. The summed E-state index contributed by atoms with van der Waals surface area (Å²) in [6.07, 6.45) is 0.604. The summed E-state index contributed by atoms with van der Waals surface area (Å²) in [5, 5.41) is 12.1. The molecular formula is C12H13BrN2O2S. The fourth-order valence-electron chi connectivity index (χ4n) is 2.14. The summed E-state index contributed by atoms with van der Waals surface area (Å²) in [4.78, 5) is 0. The Morgan fingerprint density at radius 3 is 2.72 bits per heavy atom. The Morgan fingerprint density at radius 1 is 1.50 bits per heavy atom. The van der Waals surface area contributed by atoms with Crippen LogP contribution in [0.15, 0.2) is 22.7 Å². The quantitative estimate of drug-likeness (QED) is 0.904. The van der Waals surface area contributed by atoms with E-state index in [1.165, 1.54) is 0 Å². The molecule has 0 radical (unpaired) electrons. The van der Waals surface area contributed by atoms with Crippen LogP contribution in [0.25, 0.3) is 0 Å². The standard InChI is InChI=1S/C12H13BrN2O2S/c1-12(4-5-18(16,17)8-12)15-10-3-2-9(7-14)11(13)6-10/h2-3,6,15H,4-5,8H2,1H3. The van der Waals surface area contributed by atoms with E-state index in [0.29, 0.717) is 16.5 Å². The number of benzene rings is 1. The first-order chi connectivity index (χ1) is 8.34. The van der Waals surface area contributed by atoms with Crippen LogP contribution >= 0.6 is 15.9 Å². The Balaban J connectivity index is 2.21. The maximum atomic E-state index is 11.5. The average Bonchev–Trinajstić information content (AvgIpc) is 2.53. The number of halogens is 1. The molecule has 1 atom stereocenters. The van der Waals surface area contributed by atoms with E-state index in [4.69, 9.17) is 5.26 Å². The fourth-order valence-corrected chi connectivity index (χ4v) is 4.70. The number of nitrogens with one attached hydrogen (secondary N) is 1. The van der Waals surface area contributed by atoms with Gasteiger partial charge in [0, 0.05) is 15.7 Å². The maximum Gasteiger partial charge on any atom is 0.152 e. The normalized spacial score (nSPS) is 25.6. The van der Waals surface area contributed by atoms with E-state index >= 15 is 0 Å². The molecule has 1 aliphatic heterocycles. The molecular weight excluding hydrogens is 316 g/mol. The monoisotopic (exact) mass is 328 g/mol. The summed E-state index contributed by atoms with van der Waals surface area (Å²) in [6.45, 7) is 1.91. The van der Waals surface area contributed by atoms with Crippen molar-refractivity contribution >= 4 is 31.5 Å². The van der Waals surface area contributed by atoms with Crippen molar-refractivity contribution in [1.82, 2.24) is 0 Å². The minimum Gasteiger partial charge on any atom is -0.379 e. The van der Waals surface area contributed by atoms with E-state index in [0.717, 1.165) is 5.69 Å². The fraction of sp³-hybridized carbons (Fsp3) is 0.417. The van der Waals surface area contributed by atoms with Crippen molar-refractivity contribution in [2.24, 2.45) is 0 Å². The van der Waals surface area contributed by atoms with Crippen LogP contribution < -0.4 is 5.32 Å². The van der Waals surface area contributed by atoms with Crippen LogP contribution in [-0.4, -0.2) is 25.5 Å². The average molecular weight is 329 g/mol. The molecule has 2 rings (SSSR count). The van der Waals surface area contributed by atoms with Gasteiger partial charge in [-0.25, -0.2) is 8.42 Å². The highest BCUT2D eigenvalue weighted by Crippen LogP contribution is 2.29. The molecule has 96 valence electrons. The smallest absolute Gasteiger partial charge is 0.152 e. The SMILES string of the molecule is CC1(Nc2ccc(C#N)c(Br)c2)CCS(=O)(=O)C1. The lowest BCUT2D eigenvalue weighted by molar-refractivity contribution is 0.574. The molecule has 0 bridgehead atoms. The van der Waals surface area contributed by atoms with Crippen LogP contribution in [0.5, 0.6) is 0 Å². The van der Waals surface area contributed by atoms with Crippen molar-refractivity contribution in [1.29, 1.82) is 5.26 Å². The third-order valence-electron chi connectivity index (χ3n) is 3.04. The summed E-state index contributed by atoms with van der Waals surface area (Å²) in [5.74, 6) is 0.381. The highest BCUT2D eigenvalue weighted by atomic mass is 79.9. The molecule has 18 heavy (non-hydrogen) atoms. The minimum atomic E-state index is -2.92. The summed E-state index contributed by atoms with van der Waals surface area (Å²) in [6, 6.07) is 7.37. The molecule has 1 aromatic carbocycles. The molecule has 1 saturated heterocycles. The van der Waals surface area contributed by atoms with Crippen molar-refractivity contribution in [2.75, 3.05) is 16.8 Å². The van der Waals surface area contributed by atoms with Crippen LogP contribution in [0.1, 0.15) is 18.9 Å². The molecule has 1 unspecified atom stereocenters. The molecule has 0 aromatic heterocycles. The third-order valence-corrected chi connectivity index (χ3v) is 5.60. The lowest BCUT2D eigenvalue weighted by Gasteiger charge is -2.25. The van der Waals surface area contributed by atoms with Crippen LogP contribution in [0.2, 0.25) is 0 Å². The number of nitrogens with zero attached hydrogens (tertiary/aromatic N) is 1. The maximum absolute atomic E-state index is 11.5. The van der Waals surface area contributed by atoms with Gasteiger partial charge in [0.15, 0.2) is 9.84 Å². The van der Waals surface area contributed by atoms with Crippen molar-refractivity contribution in [2.45, 2.75) is 18.9 Å². The topological polar surface area (TPSA) is 70.0 Å². The number of hydrogen-bond donors (Lipinski definition) is 1. The van der Waals surface area contributed by atoms with Gasteiger partial charge in [0.25, 0.3) is 0 Å². The van der Waals surface area contributed by atoms with Gasteiger partial charge in [-0.3, -0.25) is 0 Å². The van der Waals surface area contributed by atoms with Gasteiger partial charge in [0.2, 0.25) is 0 Å². The van der Waals surface area contributed by atoms with E-state index in [1.807, 2.05) is 6.92 Å².